The van der Waals surface area contributed by atoms with Gasteiger partial charge in [-0.3, -0.25) is 4.79 Å². The third kappa shape index (κ3) is 5.85. The lowest BCUT2D eigenvalue weighted by Crippen LogP contribution is -2.26. The van der Waals surface area contributed by atoms with Gasteiger partial charge in [-0.25, -0.2) is 13.1 Å². The van der Waals surface area contributed by atoms with Gasteiger partial charge in [-0.1, -0.05) is 32.8 Å². The highest BCUT2D eigenvalue weighted by molar-refractivity contribution is 7.89. The lowest BCUT2D eigenvalue weighted by molar-refractivity contribution is 0.0953. The third-order valence-electron chi connectivity index (χ3n) is 3.01. The van der Waals surface area contributed by atoms with Crippen LogP contribution in [0, 0.1) is 0 Å². The minimum Gasteiger partial charge on any atom is -0.352 e. The molecule has 1 amide bonds. The van der Waals surface area contributed by atoms with Crippen LogP contribution in [0.25, 0.3) is 0 Å². The largest absolute Gasteiger partial charge is 0.352 e. The summed E-state index contributed by atoms with van der Waals surface area (Å²) in [6.45, 7) is 5.02. The zero-order valence-electron chi connectivity index (χ0n) is 12.7. The van der Waals surface area contributed by atoms with Crippen molar-refractivity contribution in [3.63, 3.8) is 0 Å². The second kappa shape index (κ2) is 8.79. The number of rotatable bonds is 9. The van der Waals surface area contributed by atoms with Gasteiger partial charge in [-0.15, -0.1) is 0 Å². The fourth-order valence-corrected chi connectivity index (χ4v) is 2.93. The monoisotopic (exact) mass is 312 g/mol. The van der Waals surface area contributed by atoms with Crippen molar-refractivity contribution in [2.24, 2.45) is 0 Å². The van der Waals surface area contributed by atoms with E-state index in [4.69, 9.17) is 0 Å². The van der Waals surface area contributed by atoms with Crippen LogP contribution in [0.5, 0.6) is 0 Å². The number of carbonyl (C=O) groups excluding carboxylic acids is 1. The molecule has 1 aromatic carbocycles. The minimum absolute atomic E-state index is 0.128. The van der Waals surface area contributed by atoms with Gasteiger partial charge in [0.2, 0.25) is 10.0 Å². The van der Waals surface area contributed by atoms with Gasteiger partial charge < -0.3 is 5.32 Å². The summed E-state index contributed by atoms with van der Waals surface area (Å²) in [5.74, 6) is -0.250. The number of amides is 1. The topological polar surface area (TPSA) is 75.3 Å². The maximum Gasteiger partial charge on any atom is 0.251 e. The zero-order valence-corrected chi connectivity index (χ0v) is 13.5. The molecular weight excluding hydrogens is 288 g/mol. The van der Waals surface area contributed by atoms with Gasteiger partial charge in [0.25, 0.3) is 5.91 Å². The van der Waals surface area contributed by atoms with Crippen molar-refractivity contribution >= 4 is 15.9 Å². The SMILES string of the molecule is CCCCCNS(=O)(=O)c1cccc(C(=O)NCCC)c1. The van der Waals surface area contributed by atoms with Crippen molar-refractivity contribution in [2.75, 3.05) is 13.1 Å². The van der Waals surface area contributed by atoms with Crippen molar-refractivity contribution in [3.05, 3.63) is 29.8 Å². The molecule has 0 unspecified atom stereocenters. The van der Waals surface area contributed by atoms with Crippen LogP contribution in [-0.2, 0) is 10.0 Å². The number of carbonyl (C=O) groups is 1. The Hall–Kier alpha value is -1.40. The summed E-state index contributed by atoms with van der Waals surface area (Å²) < 4.78 is 26.8. The second-order valence-corrected chi connectivity index (χ2v) is 6.66. The zero-order chi connectivity index (χ0) is 15.7. The number of unbranched alkanes of at least 4 members (excludes halogenated alkanes) is 2. The predicted octanol–water partition coefficient (Wildman–Crippen LogP) is 2.29. The maximum atomic E-state index is 12.1. The van der Waals surface area contributed by atoms with E-state index in [2.05, 4.69) is 17.0 Å². The van der Waals surface area contributed by atoms with E-state index in [1.807, 2.05) is 6.92 Å². The molecule has 1 rings (SSSR count). The molecule has 0 aromatic heterocycles. The highest BCUT2D eigenvalue weighted by Gasteiger charge is 2.15. The molecule has 0 radical (unpaired) electrons. The maximum absolute atomic E-state index is 12.1. The van der Waals surface area contributed by atoms with Gasteiger partial charge in [0.1, 0.15) is 0 Å². The molecule has 0 aliphatic rings. The molecule has 0 bridgehead atoms. The van der Waals surface area contributed by atoms with Crippen LogP contribution in [0.4, 0.5) is 0 Å². The summed E-state index contributed by atoms with van der Waals surface area (Å²) >= 11 is 0. The minimum atomic E-state index is -3.55. The van der Waals surface area contributed by atoms with Gasteiger partial charge in [0.05, 0.1) is 4.90 Å². The Morgan fingerprint density at radius 1 is 1.10 bits per heavy atom. The molecule has 1 aromatic rings. The molecule has 2 N–H and O–H groups in total. The molecule has 118 valence electrons. The molecular formula is C15H24N2O3S. The van der Waals surface area contributed by atoms with Crippen molar-refractivity contribution in [3.8, 4) is 0 Å². The highest BCUT2D eigenvalue weighted by Crippen LogP contribution is 2.11. The summed E-state index contributed by atoms with van der Waals surface area (Å²) in [6.07, 6.45) is 3.67. The fourth-order valence-electron chi connectivity index (χ4n) is 1.81. The molecule has 0 aliphatic carbocycles. The molecule has 0 fully saturated rings. The molecule has 0 spiro atoms. The van der Waals surface area contributed by atoms with E-state index in [0.29, 0.717) is 18.7 Å². The van der Waals surface area contributed by atoms with Crippen molar-refractivity contribution in [1.82, 2.24) is 10.0 Å². The molecule has 6 heteroatoms. The Bertz CT molecular complexity index is 556. The number of benzene rings is 1. The van der Waals surface area contributed by atoms with E-state index in [0.717, 1.165) is 25.7 Å². The standard InChI is InChI=1S/C15H24N2O3S/c1-3-5-6-11-17-21(19,20)14-9-7-8-13(12-14)15(18)16-10-4-2/h7-9,12,17H,3-6,10-11H2,1-2H3,(H,16,18). The summed E-state index contributed by atoms with van der Waals surface area (Å²) in [7, 11) is -3.55. The van der Waals surface area contributed by atoms with Crippen LogP contribution < -0.4 is 10.0 Å². The predicted molar refractivity (Wildman–Crippen MR) is 83.8 cm³/mol. The fraction of sp³-hybridized carbons (Fsp3) is 0.533. The average molecular weight is 312 g/mol. The third-order valence-corrected chi connectivity index (χ3v) is 4.47. The van der Waals surface area contributed by atoms with E-state index in [9.17, 15) is 13.2 Å². The van der Waals surface area contributed by atoms with Crippen molar-refractivity contribution < 1.29 is 13.2 Å². The van der Waals surface area contributed by atoms with Crippen LogP contribution in [0.1, 0.15) is 49.9 Å². The molecule has 21 heavy (non-hydrogen) atoms. The number of hydrogen-bond acceptors (Lipinski definition) is 3. The first-order valence-electron chi connectivity index (χ1n) is 7.39. The van der Waals surface area contributed by atoms with Crippen LogP contribution >= 0.6 is 0 Å². The smallest absolute Gasteiger partial charge is 0.251 e. The van der Waals surface area contributed by atoms with Crippen molar-refractivity contribution in [2.45, 2.75) is 44.4 Å². The molecule has 0 aliphatic heterocycles. The molecule has 5 nitrogen and oxygen atoms in total. The quantitative estimate of drug-likeness (QED) is 0.687. The Labute approximate surface area is 127 Å². The van der Waals surface area contributed by atoms with E-state index in [1.165, 1.54) is 12.1 Å². The van der Waals surface area contributed by atoms with Gasteiger partial charge in [-0.2, -0.15) is 0 Å². The number of nitrogens with one attached hydrogen (secondary N) is 2. The summed E-state index contributed by atoms with van der Waals surface area (Å²) in [6, 6.07) is 6.11. The van der Waals surface area contributed by atoms with Crippen LogP contribution in [0.2, 0.25) is 0 Å². The summed E-state index contributed by atoms with van der Waals surface area (Å²) in [4.78, 5) is 12.0. The summed E-state index contributed by atoms with van der Waals surface area (Å²) in [5, 5.41) is 2.73. The van der Waals surface area contributed by atoms with E-state index >= 15 is 0 Å². The first-order chi connectivity index (χ1) is 10.0. The Balaban J connectivity index is 2.76. The first kappa shape index (κ1) is 17.7. The Kier molecular flexibility index (Phi) is 7.39. The van der Waals surface area contributed by atoms with Crippen LogP contribution in [-0.4, -0.2) is 27.4 Å². The van der Waals surface area contributed by atoms with E-state index < -0.39 is 10.0 Å². The van der Waals surface area contributed by atoms with Gasteiger partial charge >= 0.3 is 0 Å². The van der Waals surface area contributed by atoms with Crippen LogP contribution in [0.3, 0.4) is 0 Å². The lowest BCUT2D eigenvalue weighted by Gasteiger charge is -2.08. The van der Waals surface area contributed by atoms with Gasteiger partial charge in [-0.05, 0) is 31.0 Å². The highest BCUT2D eigenvalue weighted by atomic mass is 32.2. The molecule has 0 atom stereocenters. The average Bonchev–Trinajstić information content (AvgIpc) is 2.49. The summed E-state index contributed by atoms with van der Waals surface area (Å²) in [5.41, 5.74) is 0.361. The Morgan fingerprint density at radius 2 is 1.86 bits per heavy atom. The van der Waals surface area contributed by atoms with E-state index in [1.54, 1.807) is 12.1 Å². The van der Waals surface area contributed by atoms with Crippen molar-refractivity contribution in [1.29, 1.82) is 0 Å². The normalized spacial score (nSPS) is 11.3. The number of hydrogen-bond donors (Lipinski definition) is 2. The van der Waals surface area contributed by atoms with Gasteiger partial charge in [0, 0.05) is 18.7 Å². The van der Waals surface area contributed by atoms with Gasteiger partial charge in [0.15, 0.2) is 0 Å². The van der Waals surface area contributed by atoms with E-state index in [-0.39, 0.29) is 10.8 Å². The number of sulfonamides is 1. The molecule has 0 heterocycles. The lowest BCUT2D eigenvalue weighted by atomic mass is 10.2. The second-order valence-electron chi connectivity index (χ2n) is 4.89. The molecule has 0 saturated carbocycles. The Morgan fingerprint density at radius 3 is 2.52 bits per heavy atom. The first-order valence-corrected chi connectivity index (χ1v) is 8.87. The van der Waals surface area contributed by atoms with Crippen LogP contribution in [0.15, 0.2) is 29.2 Å². The molecule has 0 saturated heterocycles.